The number of allylic oxidation sites excluding steroid dienone is 1. The quantitative estimate of drug-likeness (QED) is 0.667. The summed E-state index contributed by atoms with van der Waals surface area (Å²) < 4.78 is 5.56. The van der Waals surface area contributed by atoms with E-state index in [0.29, 0.717) is 32.3 Å². The summed E-state index contributed by atoms with van der Waals surface area (Å²) in [4.78, 5) is 14.4. The van der Waals surface area contributed by atoms with Crippen molar-refractivity contribution in [2.24, 2.45) is 0 Å². The Labute approximate surface area is 136 Å². The predicted molar refractivity (Wildman–Crippen MR) is 87.7 cm³/mol. The Balaban J connectivity index is 2.38. The van der Waals surface area contributed by atoms with Crippen LogP contribution in [0.5, 0.6) is 0 Å². The minimum atomic E-state index is -1.09. The van der Waals surface area contributed by atoms with E-state index in [1.807, 2.05) is 6.92 Å². The molecule has 0 amide bonds. The van der Waals surface area contributed by atoms with Crippen LogP contribution in [-0.4, -0.2) is 16.1 Å². The molecule has 0 fully saturated rings. The van der Waals surface area contributed by atoms with Crippen LogP contribution in [0.4, 0.5) is 0 Å². The zero-order chi connectivity index (χ0) is 16.0. The lowest BCUT2D eigenvalue weighted by Gasteiger charge is -2.03. The van der Waals surface area contributed by atoms with Crippen molar-refractivity contribution >= 4 is 45.8 Å². The van der Waals surface area contributed by atoms with Gasteiger partial charge in [-0.05, 0) is 36.3 Å². The first-order chi connectivity index (χ1) is 10.4. The fourth-order valence-corrected chi connectivity index (χ4v) is 2.94. The number of nitrogens with one attached hydrogen (secondary N) is 1. The first kappa shape index (κ1) is 14.8. The number of hydrogen-bond acceptors (Lipinski definition) is 2. The van der Waals surface area contributed by atoms with Crippen LogP contribution in [0.15, 0.2) is 35.5 Å². The van der Waals surface area contributed by atoms with Crippen molar-refractivity contribution < 1.29 is 14.3 Å². The van der Waals surface area contributed by atoms with Crippen molar-refractivity contribution in [3.8, 4) is 11.1 Å². The van der Waals surface area contributed by atoms with Crippen molar-refractivity contribution in [1.82, 2.24) is 4.98 Å². The molecule has 1 aromatic carbocycles. The molecule has 0 atom stereocenters. The average Bonchev–Trinajstić information content (AvgIpc) is 2.94. The molecule has 2 aromatic heterocycles. The van der Waals surface area contributed by atoms with Gasteiger partial charge in [-0.15, -0.1) is 0 Å². The van der Waals surface area contributed by atoms with Gasteiger partial charge in [-0.1, -0.05) is 29.8 Å². The summed E-state index contributed by atoms with van der Waals surface area (Å²) in [5, 5.41) is 10.3. The van der Waals surface area contributed by atoms with Gasteiger partial charge in [-0.2, -0.15) is 0 Å². The largest absolute Gasteiger partial charge is 0.477 e. The SMILES string of the molecule is C=C(C)c1coc2c(-c3cc(Cl)cc(Cl)c3)c(C(=O)O)[nH]c12. The molecule has 3 rings (SSSR count). The first-order valence-electron chi connectivity index (χ1n) is 6.37. The molecule has 0 saturated heterocycles. The van der Waals surface area contributed by atoms with Gasteiger partial charge in [0.2, 0.25) is 0 Å². The molecule has 0 bridgehead atoms. The van der Waals surface area contributed by atoms with E-state index in [0.717, 1.165) is 11.1 Å². The second-order valence-electron chi connectivity index (χ2n) is 4.97. The van der Waals surface area contributed by atoms with Crippen molar-refractivity contribution in [1.29, 1.82) is 0 Å². The number of aromatic amines is 1. The van der Waals surface area contributed by atoms with Crippen LogP contribution in [0.1, 0.15) is 23.0 Å². The summed E-state index contributed by atoms with van der Waals surface area (Å²) >= 11 is 12.0. The van der Waals surface area contributed by atoms with Gasteiger partial charge >= 0.3 is 5.97 Å². The van der Waals surface area contributed by atoms with Crippen LogP contribution in [0.25, 0.3) is 27.8 Å². The number of fused-ring (bicyclic) bond motifs is 1. The zero-order valence-electron chi connectivity index (χ0n) is 11.5. The Morgan fingerprint density at radius 1 is 1.27 bits per heavy atom. The molecule has 3 aromatic rings. The second-order valence-corrected chi connectivity index (χ2v) is 5.84. The summed E-state index contributed by atoms with van der Waals surface area (Å²) in [6, 6.07) is 4.87. The van der Waals surface area contributed by atoms with Gasteiger partial charge in [0.05, 0.1) is 11.1 Å². The molecule has 0 saturated carbocycles. The van der Waals surface area contributed by atoms with Crippen LogP contribution in [-0.2, 0) is 0 Å². The molecule has 0 spiro atoms. The second kappa shape index (κ2) is 5.23. The van der Waals surface area contributed by atoms with E-state index in [1.165, 1.54) is 0 Å². The molecule has 112 valence electrons. The highest BCUT2D eigenvalue weighted by atomic mass is 35.5. The maximum absolute atomic E-state index is 11.6. The lowest BCUT2D eigenvalue weighted by atomic mass is 10.0. The number of aromatic nitrogens is 1. The standard InChI is InChI=1S/C16H11Cl2NO3/c1-7(2)11-6-22-15-12(14(16(20)21)19-13(11)15)8-3-9(17)5-10(18)4-8/h3-6,19H,1H2,2H3,(H,20,21). The Kier molecular flexibility index (Phi) is 3.51. The van der Waals surface area contributed by atoms with E-state index in [2.05, 4.69) is 11.6 Å². The molecule has 0 aliphatic heterocycles. The minimum Gasteiger partial charge on any atom is -0.477 e. The Hall–Kier alpha value is -2.17. The number of aromatic carboxylic acids is 1. The van der Waals surface area contributed by atoms with Crippen LogP contribution < -0.4 is 0 Å². The topological polar surface area (TPSA) is 66.2 Å². The lowest BCUT2D eigenvalue weighted by Crippen LogP contribution is -1.99. The van der Waals surface area contributed by atoms with Crippen molar-refractivity contribution in [3.63, 3.8) is 0 Å². The number of H-pyrrole nitrogens is 1. The monoisotopic (exact) mass is 335 g/mol. The summed E-state index contributed by atoms with van der Waals surface area (Å²) in [5.74, 6) is -1.09. The van der Waals surface area contributed by atoms with Gasteiger partial charge in [-0.25, -0.2) is 4.79 Å². The molecule has 22 heavy (non-hydrogen) atoms. The van der Waals surface area contributed by atoms with Crippen molar-refractivity contribution in [2.45, 2.75) is 6.92 Å². The fourth-order valence-electron chi connectivity index (χ4n) is 2.42. The average molecular weight is 336 g/mol. The highest BCUT2D eigenvalue weighted by molar-refractivity contribution is 6.35. The first-order valence-corrected chi connectivity index (χ1v) is 7.13. The van der Waals surface area contributed by atoms with E-state index >= 15 is 0 Å². The molecule has 2 N–H and O–H groups in total. The number of rotatable bonds is 3. The smallest absolute Gasteiger partial charge is 0.353 e. The van der Waals surface area contributed by atoms with E-state index < -0.39 is 5.97 Å². The zero-order valence-corrected chi connectivity index (χ0v) is 13.0. The summed E-state index contributed by atoms with van der Waals surface area (Å²) in [6.07, 6.45) is 1.55. The third-order valence-electron chi connectivity index (χ3n) is 3.34. The third-order valence-corrected chi connectivity index (χ3v) is 3.78. The predicted octanol–water partition coefficient (Wildman–Crippen LogP) is 5.47. The van der Waals surface area contributed by atoms with Gasteiger partial charge in [0.15, 0.2) is 5.58 Å². The number of carboxylic acids is 1. The molecule has 2 heterocycles. The summed E-state index contributed by atoms with van der Waals surface area (Å²) in [5.41, 5.74) is 3.55. The van der Waals surface area contributed by atoms with E-state index in [4.69, 9.17) is 27.6 Å². The summed E-state index contributed by atoms with van der Waals surface area (Å²) in [6.45, 7) is 5.68. The lowest BCUT2D eigenvalue weighted by molar-refractivity contribution is 0.0692. The molecule has 0 radical (unpaired) electrons. The van der Waals surface area contributed by atoms with E-state index in [-0.39, 0.29) is 5.69 Å². The molecular formula is C16H11Cl2NO3. The maximum atomic E-state index is 11.6. The number of hydrogen-bond donors (Lipinski definition) is 2. The Morgan fingerprint density at radius 2 is 1.91 bits per heavy atom. The molecule has 4 nitrogen and oxygen atoms in total. The highest BCUT2D eigenvalue weighted by Crippen LogP contribution is 2.38. The Morgan fingerprint density at radius 3 is 2.45 bits per heavy atom. The van der Waals surface area contributed by atoms with Gasteiger partial charge in [-0.3, -0.25) is 0 Å². The molecular weight excluding hydrogens is 325 g/mol. The van der Waals surface area contributed by atoms with Crippen LogP contribution in [0.2, 0.25) is 10.0 Å². The van der Waals surface area contributed by atoms with Crippen molar-refractivity contribution in [2.75, 3.05) is 0 Å². The number of benzene rings is 1. The molecule has 0 unspecified atom stereocenters. The molecule has 6 heteroatoms. The molecule has 0 aliphatic carbocycles. The van der Waals surface area contributed by atoms with Crippen LogP contribution in [0, 0.1) is 0 Å². The van der Waals surface area contributed by atoms with Crippen LogP contribution in [0.3, 0.4) is 0 Å². The van der Waals surface area contributed by atoms with Gasteiger partial charge < -0.3 is 14.5 Å². The fraction of sp³-hybridized carbons (Fsp3) is 0.0625. The number of carbonyl (C=O) groups is 1. The number of halogens is 2. The minimum absolute atomic E-state index is 0.0233. The van der Waals surface area contributed by atoms with Crippen molar-refractivity contribution in [3.05, 3.63) is 52.3 Å². The van der Waals surface area contributed by atoms with Crippen LogP contribution >= 0.6 is 23.2 Å². The summed E-state index contributed by atoms with van der Waals surface area (Å²) in [7, 11) is 0. The van der Waals surface area contributed by atoms with E-state index in [1.54, 1.807) is 24.5 Å². The number of furan rings is 1. The highest BCUT2D eigenvalue weighted by Gasteiger charge is 2.24. The normalized spacial score (nSPS) is 11.0. The Bertz CT molecular complexity index is 901. The number of carboxylic acid groups (broad SMARTS) is 1. The van der Waals surface area contributed by atoms with Gasteiger partial charge in [0, 0.05) is 15.6 Å². The molecule has 0 aliphatic rings. The third kappa shape index (κ3) is 2.30. The van der Waals surface area contributed by atoms with Gasteiger partial charge in [0.25, 0.3) is 0 Å². The van der Waals surface area contributed by atoms with Gasteiger partial charge in [0.1, 0.15) is 12.0 Å². The maximum Gasteiger partial charge on any atom is 0.353 e. The van der Waals surface area contributed by atoms with E-state index in [9.17, 15) is 9.90 Å².